The third kappa shape index (κ3) is 7.25. The Hall–Kier alpha value is -1.40. The van der Waals surface area contributed by atoms with E-state index in [0.29, 0.717) is 12.8 Å². The molecule has 0 radical (unpaired) electrons. The van der Waals surface area contributed by atoms with Crippen LogP contribution < -0.4 is 0 Å². The molecule has 20 heavy (non-hydrogen) atoms. The number of carbonyl (C=O) groups excluding carboxylic acids is 1. The van der Waals surface area contributed by atoms with Gasteiger partial charge < -0.3 is 20.1 Å². The fraction of sp³-hybridized carbons (Fsp3) is 0.714. The second-order valence-electron chi connectivity index (χ2n) is 4.63. The van der Waals surface area contributed by atoms with Crippen LogP contribution in [0.15, 0.2) is 12.2 Å². The maximum Gasteiger partial charge on any atom is 0.327 e. The second-order valence-corrected chi connectivity index (χ2v) is 4.63. The van der Waals surface area contributed by atoms with Gasteiger partial charge in [0.2, 0.25) is 0 Å². The highest BCUT2D eigenvalue weighted by Crippen LogP contribution is 2.24. The zero-order chi connectivity index (χ0) is 15.5. The summed E-state index contributed by atoms with van der Waals surface area (Å²) in [5.74, 6) is -2.19. The molecular weight excluding hydrogens is 264 g/mol. The van der Waals surface area contributed by atoms with Gasteiger partial charge in [-0.05, 0) is 18.8 Å². The minimum Gasteiger partial charge on any atom is -0.478 e. The van der Waals surface area contributed by atoms with Crippen molar-refractivity contribution in [3.8, 4) is 0 Å². The van der Waals surface area contributed by atoms with Crippen molar-refractivity contribution in [2.75, 3.05) is 13.2 Å². The number of rotatable bonds is 10. The quantitative estimate of drug-likeness (QED) is 0.409. The lowest BCUT2D eigenvalue weighted by molar-refractivity contribution is -0.154. The molecule has 0 rings (SSSR count). The molecule has 3 N–H and O–H groups in total. The smallest absolute Gasteiger partial charge is 0.327 e. The van der Waals surface area contributed by atoms with Gasteiger partial charge in [-0.15, -0.1) is 0 Å². The molecule has 0 aromatic rings. The predicted octanol–water partition coefficient (Wildman–Crippen LogP) is 0.966. The summed E-state index contributed by atoms with van der Waals surface area (Å²) in [4.78, 5) is 22.5. The first-order valence-corrected chi connectivity index (χ1v) is 6.82. The molecule has 0 spiro atoms. The molecule has 0 amide bonds. The molecule has 3 atom stereocenters. The Bertz CT molecular complexity index is 326. The summed E-state index contributed by atoms with van der Waals surface area (Å²) >= 11 is 0. The van der Waals surface area contributed by atoms with Crippen LogP contribution in [0.25, 0.3) is 0 Å². The molecule has 0 aromatic carbocycles. The van der Waals surface area contributed by atoms with Gasteiger partial charge in [0.1, 0.15) is 12.7 Å². The van der Waals surface area contributed by atoms with Crippen LogP contribution in [0, 0.1) is 11.8 Å². The van der Waals surface area contributed by atoms with Crippen LogP contribution in [0.4, 0.5) is 0 Å². The first-order chi connectivity index (χ1) is 9.46. The molecule has 0 aliphatic heterocycles. The normalized spacial score (nSPS) is 15.8. The summed E-state index contributed by atoms with van der Waals surface area (Å²) in [7, 11) is 0. The summed E-state index contributed by atoms with van der Waals surface area (Å²) in [5, 5.41) is 26.5. The maximum absolute atomic E-state index is 12.0. The lowest BCUT2D eigenvalue weighted by Gasteiger charge is -2.22. The molecule has 0 aromatic heterocycles. The largest absolute Gasteiger partial charge is 0.478 e. The first-order valence-electron chi connectivity index (χ1n) is 6.82. The number of carboxylic acids is 1. The average Bonchev–Trinajstić information content (AvgIpc) is 2.42. The second kappa shape index (κ2) is 10.4. The molecule has 3 unspecified atom stereocenters. The highest BCUT2D eigenvalue weighted by Gasteiger charge is 2.26. The molecule has 0 aliphatic carbocycles. The Morgan fingerprint density at radius 1 is 1.30 bits per heavy atom. The lowest BCUT2D eigenvalue weighted by Crippen LogP contribution is -2.29. The van der Waals surface area contributed by atoms with E-state index in [2.05, 4.69) is 0 Å². The van der Waals surface area contributed by atoms with Gasteiger partial charge in [0.05, 0.1) is 12.5 Å². The summed E-state index contributed by atoms with van der Waals surface area (Å²) in [6.07, 6.45) is 3.48. The topological polar surface area (TPSA) is 104 Å². The number of esters is 1. The van der Waals surface area contributed by atoms with E-state index < -0.39 is 30.6 Å². The van der Waals surface area contributed by atoms with Crippen molar-refractivity contribution in [2.24, 2.45) is 11.8 Å². The Kier molecular flexibility index (Phi) is 9.67. The molecule has 116 valence electrons. The lowest BCUT2D eigenvalue weighted by atomic mass is 9.86. The molecular formula is C14H24O6. The third-order valence-electron chi connectivity index (χ3n) is 3.00. The molecule has 6 nitrogen and oxygen atoms in total. The SMILES string of the molecule is CCCC(C=CC(=O)O)C(CC)C(=O)OCC(O)CO. The number of ether oxygens (including phenoxy) is 1. The third-order valence-corrected chi connectivity index (χ3v) is 3.00. The van der Waals surface area contributed by atoms with Crippen LogP contribution >= 0.6 is 0 Å². The molecule has 0 saturated heterocycles. The Labute approximate surface area is 119 Å². The number of hydrogen-bond acceptors (Lipinski definition) is 5. The summed E-state index contributed by atoms with van der Waals surface area (Å²) < 4.78 is 4.95. The Morgan fingerprint density at radius 3 is 2.40 bits per heavy atom. The molecule has 0 saturated carbocycles. The molecule has 0 heterocycles. The summed E-state index contributed by atoms with van der Waals surface area (Å²) in [6, 6.07) is 0. The van der Waals surface area contributed by atoms with Crippen LogP contribution in [-0.2, 0) is 14.3 Å². The first kappa shape index (κ1) is 18.6. The number of aliphatic hydroxyl groups is 2. The number of carbonyl (C=O) groups is 2. The molecule has 0 fully saturated rings. The maximum atomic E-state index is 12.0. The zero-order valence-electron chi connectivity index (χ0n) is 12.0. The van der Waals surface area contributed by atoms with Crippen LogP contribution in [0.5, 0.6) is 0 Å². The minimum absolute atomic E-state index is 0.208. The van der Waals surface area contributed by atoms with Crippen molar-refractivity contribution in [1.82, 2.24) is 0 Å². The van der Waals surface area contributed by atoms with Gasteiger partial charge in [0.25, 0.3) is 0 Å². The van der Waals surface area contributed by atoms with E-state index in [0.717, 1.165) is 12.5 Å². The standard InChI is InChI=1S/C14H24O6/c1-3-5-10(6-7-13(17)18)12(4-2)14(19)20-9-11(16)8-15/h6-7,10-12,15-16H,3-5,8-9H2,1-2H3,(H,17,18). The van der Waals surface area contributed by atoms with E-state index in [1.165, 1.54) is 6.08 Å². The van der Waals surface area contributed by atoms with Gasteiger partial charge >= 0.3 is 11.9 Å². The van der Waals surface area contributed by atoms with E-state index in [1.54, 1.807) is 0 Å². The average molecular weight is 288 g/mol. The number of aliphatic hydroxyl groups excluding tert-OH is 2. The number of allylic oxidation sites excluding steroid dienone is 1. The molecule has 6 heteroatoms. The van der Waals surface area contributed by atoms with Gasteiger partial charge in [-0.1, -0.05) is 26.3 Å². The zero-order valence-corrected chi connectivity index (χ0v) is 12.0. The monoisotopic (exact) mass is 288 g/mol. The predicted molar refractivity (Wildman–Crippen MR) is 73.0 cm³/mol. The van der Waals surface area contributed by atoms with Crippen molar-refractivity contribution < 1.29 is 29.6 Å². The van der Waals surface area contributed by atoms with E-state index in [9.17, 15) is 9.59 Å². The molecule has 0 bridgehead atoms. The highest BCUT2D eigenvalue weighted by molar-refractivity contribution is 5.80. The van der Waals surface area contributed by atoms with Crippen LogP contribution in [0.1, 0.15) is 33.1 Å². The van der Waals surface area contributed by atoms with Gasteiger partial charge in [0.15, 0.2) is 0 Å². The Balaban J connectivity index is 4.70. The van der Waals surface area contributed by atoms with E-state index >= 15 is 0 Å². The van der Waals surface area contributed by atoms with Crippen molar-refractivity contribution >= 4 is 11.9 Å². The minimum atomic E-state index is -1.09. The van der Waals surface area contributed by atoms with Gasteiger partial charge in [-0.3, -0.25) is 4.79 Å². The van der Waals surface area contributed by atoms with Crippen LogP contribution in [-0.4, -0.2) is 46.6 Å². The van der Waals surface area contributed by atoms with Crippen molar-refractivity contribution in [2.45, 2.75) is 39.2 Å². The number of carboxylic acid groups (broad SMARTS) is 1. The molecule has 0 aliphatic rings. The van der Waals surface area contributed by atoms with Crippen molar-refractivity contribution in [3.05, 3.63) is 12.2 Å². The number of hydrogen-bond donors (Lipinski definition) is 3. The van der Waals surface area contributed by atoms with Crippen molar-refractivity contribution in [1.29, 1.82) is 0 Å². The van der Waals surface area contributed by atoms with E-state index in [1.807, 2.05) is 13.8 Å². The van der Waals surface area contributed by atoms with Gasteiger partial charge in [-0.2, -0.15) is 0 Å². The fourth-order valence-electron chi connectivity index (χ4n) is 1.95. The highest BCUT2D eigenvalue weighted by atomic mass is 16.5. The summed E-state index contributed by atoms with van der Waals surface area (Å²) in [6.45, 7) is 3.05. The van der Waals surface area contributed by atoms with Crippen molar-refractivity contribution in [3.63, 3.8) is 0 Å². The summed E-state index contributed by atoms with van der Waals surface area (Å²) in [5.41, 5.74) is 0. The van der Waals surface area contributed by atoms with E-state index in [4.69, 9.17) is 20.1 Å². The fourth-order valence-corrected chi connectivity index (χ4v) is 1.95. The van der Waals surface area contributed by atoms with E-state index in [-0.39, 0.29) is 12.5 Å². The Morgan fingerprint density at radius 2 is 1.95 bits per heavy atom. The van der Waals surface area contributed by atoms with Crippen LogP contribution in [0.2, 0.25) is 0 Å². The van der Waals surface area contributed by atoms with Gasteiger partial charge in [-0.25, -0.2) is 4.79 Å². The van der Waals surface area contributed by atoms with Gasteiger partial charge in [0, 0.05) is 6.08 Å². The number of aliphatic carboxylic acids is 1. The van der Waals surface area contributed by atoms with Crippen LogP contribution in [0.3, 0.4) is 0 Å².